The first-order valence-electron chi connectivity index (χ1n) is 7.85. The first-order valence-corrected chi connectivity index (χ1v) is 7.85. The van der Waals surface area contributed by atoms with E-state index in [2.05, 4.69) is 19.1 Å². The molecule has 0 spiro atoms. The van der Waals surface area contributed by atoms with Crippen LogP contribution in [0.25, 0.3) is 11.1 Å². The summed E-state index contributed by atoms with van der Waals surface area (Å²) in [5.74, 6) is 1.17. The molecule has 0 aromatic heterocycles. The van der Waals surface area contributed by atoms with Crippen molar-refractivity contribution in [1.82, 2.24) is 0 Å². The van der Waals surface area contributed by atoms with Crippen LogP contribution in [-0.2, 0) is 6.42 Å². The minimum absolute atomic E-state index is 0.327. The van der Waals surface area contributed by atoms with E-state index in [9.17, 15) is 5.26 Å². The molecule has 0 heterocycles. The molecule has 2 aromatic rings. The van der Waals surface area contributed by atoms with Crippen LogP contribution in [0.5, 0.6) is 5.75 Å². The maximum Gasteiger partial charge on any atom is 0.119 e. The van der Waals surface area contributed by atoms with Crippen LogP contribution in [-0.4, -0.2) is 7.11 Å². The highest BCUT2D eigenvalue weighted by molar-refractivity contribution is 6.00. The van der Waals surface area contributed by atoms with Crippen LogP contribution >= 0.6 is 0 Å². The number of anilines is 1. The Bertz CT molecular complexity index is 797. The molecule has 2 N–H and O–H groups in total. The number of nitrogens with two attached hydrogens (primary N) is 1. The number of benzene rings is 2. The van der Waals surface area contributed by atoms with Gasteiger partial charge in [-0.05, 0) is 71.4 Å². The van der Waals surface area contributed by atoms with Crippen molar-refractivity contribution < 1.29 is 4.74 Å². The molecule has 0 radical (unpaired) electrons. The zero-order valence-corrected chi connectivity index (χ0v) is 13.5. The van der Waals surface area contributed by atoms with E-state index in [0.717, 1.165) is 46.6 Å². The maximum absolute atomic E-state index is 9.80. The van der Waals surface area contributed by atoms with Crippen LogP contribution < -0.4 is 10.5 Å². The highest BCUT2D eigenvalue weighted by Crippen LogP contribution is 2.42. The second kappa shape index (κ2) is 6.18. The van der Waals surface area contributed by atoms with Gasteiger partial charge in [0.2, 0.25) is 0 Å². The summed E-state index contributed by atoms with van der Waals surface area (Å²) in [7, 11) is 1.67. The van der Waals surface area contributed by atoms with Gasteiger partial charge >= 0.3 is 0 Å². The number of rotatable bonds is 3. The molecule has 1 aliphatic rings. The first kappa shape index (κ1) is 15.2. The van der Waals surface area contributed by atoms with Crippen LogP contribution in [0.3, 0.4) is 0 Å². The van der Waals surface area contributed by atoms with Crippen molar-refractivity contribution in [2.45, 2.75) is 19.8 Å². The second-order valence-corrected chi connectivity index (χ2v) is 5.85. The molecule has 116 valence electrons. The van der Waals surface area contributed by atoms with Crippen molar-refractivity contribution in [1.29, 1.82) is 5.26 Å². The third-order valence-electron chi connectivity index (χ3n) is 4.55. The van der Waals surface area contributed by atoms with Gasteiger partial charge in [0.15, 0.2) is 0 Å². The lowest BCUT2D eigenvalue weighted by Crippen LogP contribution is -2.15. The lowest BCUT2D eigenvalue weighted by atomic mass is 9.75. The lowest BCUT2D eigenvalue weighted by Gasteiger charge is -2.28. The van der Waals surface area contributed by atoms with E-state index in [1.54, 1.807) is 7.11 Å². The van der Waals surface area contributed by atoms with Crippen LogP contribution in [0.4, 0.5) is 5.69 Å². The Labute approximate surface area is 137 Å². The van der Waals surface area contributed by atoms with Crippen molar-refractivity contribution in [2.75, 3.05) is 12.8 Å². The Morgan fingerprint density at radius 1 is 1.22 bits per heavy atom. The van der Waals surface area contributed by atoms with Gasteiger partial charge < -0.3 is 10.5 Å². The minimum atomic E-state index is 0.327. The molecule has 1 aliphatic carbocycles. The van der Waals surface area contributed by atoms with Gasteiger partial charge in [0.1, 0.15) is 11.8 Å². The SMILES string of the molecule is CCC1Cc2cc(OC)ccc2C(C#N)=C1c1ccc(N)cc1. The summed E-state index contributed by atoms with van der Waals surface area (Å²) in [6.45, 7) is 2.17. The zero-order valence-electron chi connectivity index (χ0n) is 13.5. The van der Waals surface area contributed by atoms with Crippen LogP contribution in [0.15, 0.2) is 42.5 Å². The Morgan fingerprint density at radius 3 is 2.57 bits per heavy atom. The highest BCUT2D eigenvalue weighted by Gasteiger charge is 2.27. The standard InChI is InChI=1S/C20H20N2O/c1-3-13-10-15-11-17(23-2)8-9-18(15)19(12-21)20(13)14-4-6-16(22)7-5-14/h4-9,11,13H,3,10,22H2,1-2H3. The normalized spacial score (nSPS) is 16.7. The molecule has 0 aliphatic heterocycles. The summed E-state index contributed by atoms with van der Waals surface area (Å²) in [5.41, 5.74) is 11.7. The molecular weight excluding hydrogens is 284 g/mol. The number of nitrogen functional groups attached to an aromatic ring is 1. The monoisotopic (exact) mass is 304 g/mol. The number of nitriles is 1. The van der Waals surface area contributed by atoms with Gasteiger partial charge in [-0.3, -0.25) is 0 Å². The summed E-state index contributed by atoms with van der Waals surface area (Å²) in [4.78, 5) is 0. The largest absolute Gasteiger partial charge is 0.497 e. The molecule has 3 heteroatoms. The van der Waals surface area contributed by atoms with Crippen LogP contribution in [0.2, 0.25) is 0 Å². The van der Waals surface area contributed by atoms with Gasteiger partial charge in [0, 0.05) is 5.69 Å². The van der Waals surface area contributed by atoms with Crippen LogP contribution in [0.1, 0.15) is 30.0 Å². The number of allylic oxidation sites excluding steroid dienone is 2. The highest BCUT2D eigenvalue weighted by atomic mass is 16.5. The van der Waals surface area contributed by atoms with Gasteiger partial charge in [-0.15, -0.1) is 0 Å². The van der Waals surface area contributed by atoms with E-state index in [-0.39, 0.29) is 0 Å². The quantitative estimate of drug-likeness (QED) is 0.860. The molecule has 0 amide bonds. The summed E-state index contributed by atoms with van der Waals surface area (Å²) >= 11 is 0. The number of hydrogen-bond donors (Lipinski definition) is 1. The minimum Gasteiger partial charge on any atom is -0.497 e. The summed E-state index contributed by atoms with van der Waals surface area (Å²) < 4.78 is 5.33. The smallest absolute Gasteiger partial charge is 0.119 e. The Hall–Kier alpha value is -2.73. The van der Waals surface area contributed by atoms with Crippen molar-refractivity contribution in [3.8, 4) is 11.8 Å². The van der Waals surface area contributed by atoms with E-state index in [0.29, 0.717) is 5.92 Å². The number of fused-ring (bicyclic) bond motifs is 1. The topological polar surface area (TPSA) is 59.0 Å². The van der Waals surface area contributed by atoms with E-state index in [1.165, 1.54) is 5.56 Å². The van der Waals surface area contributed by atoms with E-state index in [1.807, 2.05) is 36.4 Å². The number of ether oxygens (including phenoxy) is 1. The zero-order chi connectivity index (χ0) is 16.4. The molecule has 0 saturated carbocycles. The predicted molar refractivity (Wildman–Crippen MR) is 93.8 cm³/mol. The molecule has 23 heavy (non-hydrogen) atoms. The molecule has 2 aromatic carbocycles. The Kier molecular flexibility index (Phi) is 4.08. The maximum atomic E-state index is 9.80. The third-order valence-corrected chi connectivity index (χ3v) is 4.55. The van der Waals surface area contributed by atoms with Crippen molar-refractivity contribution in [2.24, 2.45) is 5.92 Å². The predicted octanol–water partition coefficient (Wildman–Crippen LogP) is 4.29. The van der Waals surface area contributed by atoms with Crippen LogP contribution in [0, 0.1) is 17.2 Å². The molecule has 0 bridgehead atoms. The number of methoxy groups -OCH3 is 1. The van der Waals surface area contributed by atoms with E-state index >= 15 is 0 Å². The Morgan fingerprint density at radius 2 is 1.96 bits per heavy atom. The second-order valence-electron chi connectivity index (χ2n) is 5.85. The fraction of sp³-hybridized carbons (Fsp3) is 0.250. The van der Waals surface area contributed by atoms with Gasteiger partial charge in [-0.25, -0.2) is 0 Å². The molecular formula is C20H20N2O. The average Bonchev–Trinajstić information content (AvgIpc) is 2.60. The lowest BCUT2D eigenvalue weighted by molar-refractivity contribution is 0.414. The number of nitrogens with zero attached hydrogens (tertiary/aromatic N) is 1. The molecule has 0 fully saturated rings. The average molecular weight is 304 g/mol. The molecule has 3 nitrogen and oxygen atoms in total. The van der Waals surface area contributed by atoms with Crippen molar-refractivity contribution in [3.05, 3.63) is 59.2 Å². The van der Waals surface area contributed by atoms with E-state index in [4.69, 9.17) is 10.5 Å². The van der Waals surface area contributed by atoms with Crippen molar-refractivity contribution in [3.63, 3.8) is 0 Å². The fourth-order valence-corrected chi connectivity index (χ4v) is 3.34. The van der Waals surface area contributed by atoms with Gasteiger partial charge in [0.05, 0.1) is 12.7 Å². The molecule has 1 unspecified atom stereocenters. The summed E-state index contributed by atoms with van der Waals surface area (Å²) in [5, 5.41) is 9.80. The fourth-order valence-electron chi connectivity index (χ4n) is 3.34. The molecule has 0 saturated heterocycles. The summed E-state index contributed by atoms with van der Waals surface area (Å²) in [6.07, 6.45) is 1.91. The Balaban J connectivity index is 2.21. The van der Waals surface area contributed by atoms with E-state index < -0.39 is 0 Å². The first-order chi connectivity index (χ1) is 11.2. The molecule has 3 rings (SSSR count). The number of hydrogen-bond acceptors (Lipinski definition) is 3. The van der Waals surface area contributed by atoms with Gasteiger partial charge in [0.25, 0.3) is 0 Å². The molecule has 1 atom stereocenters. The third kappa shape index (κ3) is 2.68. The van der Waals surface area contributed by atoms with Gasteiger partial charge in [-0.1, -0.05) is 19.1 Å². The summed E-state index contributed by atoms with van der Waals surface area (Å²) in [6, 6.07) is 16.2. The van der Waals surface area contributed by atoms with Gasteiger partial charge in [-0.2, -0.15) is 5.26 Å². The van der Waals surface area contributed by atoms with Crippen molar-refractivity contribution >= 4 is 16.8 Å².